The largest absolute Gasteiger partial charge is 0.393 e. The van der Waals surface area contributed by atoms with Gasteiger partial charge in [-0.25, -0.2) is 0 Å². The van der Waals surface area contributed by atoms with E-state index in [2.05, 4.69) is 15.5 Å². The van der Waals surface area contributed by atoms with Crippen molar-refractivity contribution in [2.45, 2.75) is 33.1 Å². The molecule has 0 spiro atoms. The molecule has 1 aromatic rings. The highest BCUT2D eigenvalue weighted by atomic mass is 32.1. The summed E-state index contributed by atoms with van der Waals surface area (Å²) in [7, 11) is 0. The lowest BCUT2D eigenvalue weighted by Gasteiger charge is -2.13. The fraction of sp³-hybridized carbons (Fsp3) is 0.636. The van der Waals surface area contributed by atoms with Gasteiger partial charge in [0, 0.05) is 19.9 Å². The molecule has 1 aromatic heterocycles. The Hall–Kier alpha value is -1.50. The Morgan fingerprint density at radius 2 is 2.33 bits per heavy atom. The maximum atomic E-state index is 11.8. The van der Waals surface area contributed by atoms with Crippen LogP contribution in [-0.2, 0) is 11.2 Å². The predicted octanol–water partition coefficient (Wildman–Crippen LogP) is 0.739. The first-order valence-corrected chi connectivity index (χ1v) is 6.31. The second-order valence-electron chi connectivity index (χ2n) is 4.01. The normalized spacial score (nSPS) is 12.1. The van der Waals surface area contributed by atoms with Crippen LogP contribution in [0.2, 0.25) is 0 Å². The molecule has 0 aliphatic rings. The molecule has 0 saturated heterocycles. The Bertz CT molecular complexity index is 419. The summed E-state index contributed by atoms with van der Waals surface area (Å²) < 4.78 is 4.83. The molecule has 0 aromatic carbocycles. The van der Waals surface area contributed by atoms with Crippen LogP contribution in [0.15, 0.2) is 4.52 Å². The van der Waals surface area contributed by atoms with Gasteiger partial charge in [0.1, 0.15) is 0 Å². The van der Waals surface area contributed by atoms with Crippen LogP contribution >= 0.6 is 12.2 Å². The van der Waals surface area contributed by atoms with E-state index in [1.165, 1.54) is 0 Å². The zero-order valence-corrected chi connectivity index (χ0v) is 11.4. The average Bonchev–Trinajstić information content (AvgIpc) is 2.71. The standard InChI is InChI=1S/C11H18N4O2S/c1-3-4-8(10(12)18)11(16)13-6-5-9-14-7(2)17-15-9/h8H,3-6H2,1-2H3,(H2,12,18)(H,13,16). The minimum absolute atomic E-state index is 0.135. The first kappa shape index (κ1) is 14.6. The Balaban J connectivity index is 2.37. The number of aryl methyl sites for hydroxylation is 1. The fourth-order valence-electron chi connectivity index (χ4n) is 1.55. The van der Waals surface area contributed by atoms with Gasteiger partial charge in [0.15, 0.2) is 5.82 Å². The lowest BCUT2D eigenvalue weighted by Crippen LogP contribution is -2.38. The van der Waals surface area contributed by atoms with Crippen LogP contribution in [0, 0.1) is 12.8 Å². The van der Waals surface area contributed by atoms with Crippen molar-refractivity contribution in [2.75, 3.05) is 6.54 Å². The molecule has 1 amide bonds. The van der Waals surface area contributed by atoms with E-state index >= 15 is 0 Å². The summed E-state index contributed by atoms with van der Waals surface area (Å²) in [5.41, 5.74) is 5.54. The minimum Gasteiger partial charge on any atom is -0.393 e. The molecule has 0 saturated carbocycles. The number of nitrogens with one attached hydrogen (secondary N) is 1. The van der Waals surface area contributed by atoms with Gasteiger partial charge in [0.05, 0.1) is 10.9 Å². The number of carbonyl (C=O) groups excluding carboxylic acids is 1. The molecule has 7 heteroatoms. The summed E-state index contributed by atoms with van der Waals surface area (Å²) >= 11 is 4.88. The van der Waals surface area contributed by atoms with E-state index < -0.39 is 5.92 Å². The highest BCUT2D eigenvalue weighted by Crippen LogP contribution is 2.07. The minimum atomic E-state index is -0.392. The van der Waals surface area contributed by atoms with Gasteiger partial charge in [0.2, 0.25) is 11.8 Å². The Kier molecular flexibility index (Phi) is 5.70. The third kappa shape index (κ3) is 4.40. The molecule has 1 heterocycles. The van der Waals surface area contributed by atoms with Crippen molar-refractivity contribution < 1.29 is 9.32 Å². The zero-order chi connectivity index (χ0) is 13.5. The second-order valence-corrected chi connectivity index (χ2v) is 4.49. The number of aromatic nitrogens is 2. The predicted molar refractivity (Wildman–Crippen MR) is 70.9 cm³/mol. The number of hydrogen-bond donors (Lipinski definition) is 2. The summed E-state index contributed by atoms with van der Waals surface area (Å²) in [4.78, 5) is 16.1. The number of nitrogens with zero attached hydrogens (tertiary/aromatic N) is 2. The molecule has 1 unspecified atom stereocenters. The van der Waals surface area contributed by atoms with Crippen LogP contribution in [0.1, 0.15) is 31.5 Å². The van der Waals surface area contributed by atoms with Crippen LogP contribution in [0.4, 0.5) is 0 Å². The van der Waals surface area contributed by atoms with Gasteiger partial charge in [0.25, 0.3) is 0 Å². The summed E-state index contributed by atoms with van der Waals surface area (Å²) in [6.45, 7) is 4.15. The molecule has 18 heavy (non-hydrogen) atoms. The third-order valence-electron chi connectivity index (χ3n) is 2.45. The van der Waals surface area contributed by atoms with E-state index in [0.29, 0.717) is 31.1 Å². The number of thiocarbonyl (C=S) groups is 1. The average molecular weight is 270 g/mol. The van der Waals surface area contributed by atoms with Crippen molar-refractivity contribution in [1.29, 1.82) is 0 Å². The van der Waals surface area contributed by atoms with E-state index in [9.17, 15) is 4.79 Å². The number of amides is 1. The number of rotatable bonds is 7. The summed E-state index contributed by atoms with van der Waals surface area (Å²) in [5, 5.41) is 6.52. The molecular formula is C11H18N4O2S. The van der Waals surface area contributed by atoms with Crippen LogP contribution in [0.25, 0.3) is 0 Å². The quantitative estimate of drug-likeness (QED) is 0.710. The van der Waals surface area contributed by atoms with Crippen molar-refractivity contribution in [1.82, 2.24) is 15.5 Å². The van der Waals surface area contributed by atoms with E-state index in [1.54, 1.807) is 6.92 Å². The summed E-state index contributed by atoms with van der Waals surface area (Å²) in [6.07, 6.45) is 2.06. The molecule has 1 atom stereocenters. The van der Waals surface area contributed by atoms with Gasteiger partial charge in [-0.05, 0) is 6.42 Å². The number of hydrogen-bond acceptors (Lipinski definition) is 5. The Morgan fingerprint density at radius 3 is 2.83 bits per heavy atom. The molecule has 0 radical (unpaired) electrons. The number of nitrogens with two attached hydrogens (primary N) is 1. The van der Waals surface area contributed by atoms with Crippen LogP contribution in [0.5, 0.6) is 0 Å². The maximum absolute atomic E-state index is 11.8. The molecule has 3 N–H and O–H groups in total. The molecule has 6 nitrogen and oxygen atoms in total. The van der Waals surface area contributed by atoms with Crippen molar-refractivity contribution in [3.05, 3.63) is 11.7 Å². The van der Waals surface area contributed by atoms with Gasteiger partial charge in [-0.15, -0.1) is 0 Å². The summed E-state index contributed by atoms with van der Waals surface area (Å²) in [5.74, 6) is 0.569. The molecule has 1 rings (SSSR count). The van der Waals surface area contributed by atoms with E-state index in [0.717, 1.165) is 6.42 Å². The van der Waals surface area contributed by atoms with Crippen LogP contribution in [-0.4, -0.2) is 27.6 Å². The summed E-state index contributed by atoms with van der Waals surface area (Å²) in [6, 6.07) is 0. The Morgan fingerprint density at radius 1 is 1.61 bits per heavy atom. The van der Waals surface area contributed by atoms with Gasteiger partial charge in [-0.2, -0.15) is 4.98 Å². The molecule has 0 bridgehead atoms. The first-order valence-electron chi connectivity index (χ1n) is 5.90. The number of carbonyl (C=O) groups is 1. The van der Waals surface area contributed by atoms with Crippen molar-refractivity contribution in [3.63, 3.8) is 0 Å². The van der Waals surface area contributed by atoms with Crippen molar-refractivity contribution >= 4 is 23.1 Å². The van der Waals surface area contributed by atoms with Gasteiger partial charge < -0.3 is 15.6 Å². The van der Waals surface area contributed by atoms with E-state index in [4.69, 9.17) is 22.5 Å². The van der Waals surface area contributed by atoms with Crippen molar-refractivity contribution in [3.8, 4) is 0 Å². The van der Waals surface area contributed by atoms with E-state index in [1.807, 2.05) is 6.92 Å². The SMILES string of the molecule is CCCC(C(=O)NCCc1noc(C)n1)C(N)=S. The lowest BCUT2D eigenvalue weighted by atomic mass is 10.0. The second kappa shape index (κ2) is 7.05. The zero-order valence-electron chi connectivity index (χ0n) is 10.6. The molecule has 0 aliphatic heterocycles. The van der Waals surface area contributed by atoms with Gasteiger partial charge >= 0.3 is 0 Å². The maximum Gasteiger partial charge on any atom is 0.229 e. The molecule has 100 valence electrons. The molecule has 0 aliphatic carbocycles. The molecule has 0 fully saturated rings. The fourth-order valence-corrected chi connectivity index (χ4v) is 1.78. The third-order valence-corrected chi connectivity index (χ3v) is 2.74. The first-order chi connectivity index (χ1) is 8.54. The van der Waals surface area contributed by atoms with Crippen LogP contribution < -0.4 is 11.1 Å². The van der Waals surface area contributed by atoms with Gasteiger partial charge in [-0.3, -0.25) is 4.79 Å². The Labute approximate surface area is 111 Å². The highest BCUT2D eigenvalue weighted by molar-refractivity contribution is 7.80. The van der Waals surface area contributed by atoms with Crippen LogP contribution in [0.3, 0.4) is 0 Å². The highest BCUT2D eigenvalue weighted by Gasteiger charge is 2.19. The van der Waals surface area contributed by atoms with Crippen molar-refractivity contribution in [2.24, 2.45) is 11.7 Å². The molecular weight excluding hydrogens is 252 g/mol. The lowest BCUT2D eigenvalue weighted by molar-refractivity contribution is -0.123. The van der Waals surface area contributed by atoms with Gasteiger partial charge in [-0.1, -0.05) is 30.7 Å². The monoisotopic (exact) mass is 270 g/mol. The van der Waals surface area contributed by atoms with E-state index in [-0.39, 0.29) is 10.9 Å². The smallest absolute Gasteiger partial charge is 0.229 e. The topological polar surface area (TPSA) is 94.0 Å².